The second kappa shape index (κ2) is 6.98. The minimum absolute atomic E-state index is 0.326. The summed E-state index contributed by atoms with van der Waals surface area (Å²) in [6, 6.07) is 14.4. The van der Waals surface area contributed by atoms with Gasteiger partial charge in [0.1, 0.15) is 5.82 Å². The highest BCUT2D eigenvalue weighted by Gasteiger charge is 2.56. The van der Waals surface area contributed by atoms with E-state index in [1.807, 2.05) is 24.3 Å². The topological polar surface area (TPSA) is 71.5 Å². The van der Waals surface area contributed by atoms with E-state index in [1.54, 1.807) is 30.5 Å². The summed E-state index contributed by atoms with van der Waals surface area (Å²) in [5.74, 6) is 1.23. The van der Waals surface area contributed by atoms with Gasteiger partial charge in [0.25, 0.3) is 0 Å². The minimum atomic E-state index is -3.42. The Hall–Kier alpha value is -1.96. The van der Waals surface area contributed by atoms with Crippen LogP contribution in [0.1, 0.15) is 12.8 Å². The monoisotopic (exact) mass is 373 g/mol. The predicted octanol–water partition coefficient (Wildman–Crippen LogP) is 2.36. The Morgan fingerprint density at radius 1 is 1.15 bits per heavy atom. The molecule has 2 aliphatic rings. The van der Waals surface area contributed by atoms with E-state index in [0.717, 1.165) is 25.2 Å². The number of hydrogen-bond donors (Lipinski definition) is 1. The smallest absolute Gasteiger partial charge is 0.243 e. The molecule has 0 saturated carbocycles. The SMILES string of the molecule is O=S(=O)(c1ccccc1)N1CC2(C1)OCC[C@H]2CCNc1ccccn1. The zero-order valence-corrected chi connectivity index (χ0v) is 15.4. The van der Waals surface area contributed by atoms with E-state index in [-0.39, 0.29) is 5.60 Å². The Bertz CT molecular complexity index is 837. The summed E-state index contributed by atoms with van der Waals surface area (Å²) in [5.41, 5.74) is -0.326. The van der Waals surface area contributed by atoms with Crippen LogP contribution >= 0.6 is 0 Å². The number of aromatic nitrogens is 1. The number of nitrogens with zero attached hydrogens (tertiary/aromatic N) is 2. The molecule has 7 heteroatoms. The van der Waals surface area contributed by atoms with Crippen LogP contribution in [0.4, 0.5) is 5.82 Å². The molecule has 26 heavy (non-hydrogen) atoms. The number of ether oxygens (including phenoxy) is 1. The summed E-state index contributed by atoms with van der Waals surface area (Å²) < 4.78 is 33.0. The van der Waals surface area contributed by atoms with E-state index < -0.39 is 10.0 Å². The van der Waals surface area contributed by atoms with E-state index in [1.165, 1.54) is 4.31 Å². The van der Waals surface area contributed by atoms with E-state index in [9.17, 15) is 8.42 Å². The van der Waals surface area contributed by atoms with Crippen molar-refractivity contribution in [2.24, 2.45) is 5.92 Å². The summed E-state index contributed by atoms with van der Waals surface area (Å²) >= 11 is 0. The van der Waals surface area contributed by atoms with Crippen molar-refractivity contribution in [3.05, 3.63) is 54.7 Å². The van der Waals surface area contributed by atoms with Gasteiger partial charge in [0, 0.05) is 32.4 Å². The Labute approximate surface area is 154 Å². The van der Waals surface area contributed by atoms with Gasteiger partial charge >= 0.3 is 0 Å². The molecule has 0 amide bonds. The van der Waals surface area contributed by atoms with Gasteiger partial charge in [0.2, 0.25) is 10.0 Å². The summed E-state index contributed by atoms with van der Waals surface area (Å²) in [6.45, 7) is 2.39. The third-order valence-electron chi connectivity index (χ3n) is 5.33. The van der Waals surface area contributed by atoms with Crippen LogP contribution in [-0.2, 0) is 14.8 Å². The highest BCUT2D eigenvalue weighted by atomic mass is 32.2. The van der Waals surface area contributed by atoms with E-state index in [0.29, 0.717) is 30.5 Å². The molecule has 0 bridgehead atoms. The molecule has 6 nitrogen and oxygen atoms in total. The van der Waals surface area contributed by atoms with Crippen LogP contribution in [0, 0.1) is 5.92 Å². The lowest BCUT2D eigenvalue weighted by Crippen LogP contribution is -2.66. The molecule has 1 aromatic heterocycles. The Morgan fingerprint density at radius 3 is 2.65 bits per heavy atom. The quantitative estimate of drug-likeness (QED) is 0.842. The fourth-order valence-electron chi connectivity index (χ4n) is 3.85. The normalized spacial score (nSPS) is 22.2. The molecule has 1 aromatic carbocycles. The third-order valence-corrected chi connectivity index (χ3v) is 7.14. The van der Waals surface area contributed by atoms with Crippen LogP contribution in [-0.4, -0.2) is 49.5 Å². The molecule has 1 N–H and O–H groups in total. The highest BCUT2D eigenvalue weighted by molar-refractivity contribution is 7.89. The minimum Gasteiger partial charge on any atom is -0.372 e. The first-order chi connectivity index (χ1) is 12.6. The van der Waals surface area contributed by atoms with Gasteiger partial charge in [-0.1, -0.05) is 24.3 Å². The molecule has 1 spiro atoms. The fraction of sp³-hybridized carbons (Fsp3) is 0.421. The average Bonchev–Trinajstić information content (AvgIpc) is 3.06. The van der Waals surface area contributed by atoms with Crippen molar-refractivity contribution in [2.45, 2.75) is 23.3 Å². The molecule has 3 heterocycles. The molecule has 2 saturated heterocycles. The van der Waals surface area contributed by atoms with E-state index in [4.69, 9.17) is 4.74 Å². The van der Waals surface area contributed by atoms with E-state index in [2.05, 4.69) is 10.3 Å². The number of sulfonamides is 1. The second-order valence-corrected chi connectivity index (χ2v) is 8.85. The van der Waals surface area contributed by atoms with Crippen molar-refractivity contribution in [3.8, 4) is 0 Å². The summed E-state index contributed by atoms with van der Waals surface area (Å²) in [4.78, 5) is 4.61. The van der Waals surface area contributed by atoms with Gasteiger partial charge in [-0.3, -0.25) is 0 Å². The van der Waals surface area contributed by atoms with Gasteiger partial charge in [-0.25, -0.2) is 13.4 Å². The number of anilines is 1. The zero-order chi connectivity index (χ0) is 18.0. The van der Waals surface area contributed by atoms with Crippen LogP contribution in [0.3, 0.4) is 0 Å². The molecular weight excluding hydrogens is 350 g/mol. The van der Waals surface area contributed by atoms with Gasteiger partial charge in [-0.2, -0.15) is 4.31 Å². The number of nitrogens with one attached hydrogen (secondary N) is 1. The maximum absolute atomic E-state index is 12.7. The highest BCUT2D eigenvalue weighted by Crippen LogP contribution is 2.43. The van der Waals surface area contributed by atoms with Crippen molar-refractivity contribution >= 4 is 15.8 Å². The van der Waals surface area contributed by atoms with Crippen LogP contribution < -0.4 is 5.32 Å². The van der Waals surface area contributed by atoms with Gasteiger partial charge < -0.3 is 10.1 Å². The Balaban J connectivity index is 1.36. The molecule has 0 aliphatic carbocycles. The lowest BCUT2D eigenvalue weighted by Gasteiger charge is -2.49. The van der Waals surface area contributed by atoms with Gasteiger partial charge in [-0.05, 0) is 43.0 Å². The van der Waals surface area contributed by atoms with Gasteiger partial charge in [0.15, 0.2) is 0 Å². The Kier molecular flexibility index (Phi) is 4.69. The van der Waals surface area contributed by atoms with Crippen molar-refractivity contribution in [2.75, 3.05) is 31.6 Å². The maximum Gasteiger partial charge on any atom is 0.243 e. The first-order valence-corrected chi connectivity index (χ1v) is 10.4. The zero-order valence-electron chi connectivity index (χ0n) is 14.5. The molecule has 0 radical (unpaired) electrons. The number of benzene rings is 1. The first kappa shape index (κ1) is 17.5. The van der Waals surface area contributed by atoms with Crippen LogP contribution in [0.15, 0.2) is 59.6 Å². The van der Waals surface area contributed by atoms with Gasteiger partial charge in [-0.15, -0.1) is 0 Å². The average molecular weight is 373 g/mol. The van der Waals surface area contributed by atoms with Crippen molar-refractivity contribution in [1.82, 2.24) is 9.29 Å². The van der Waals surface area contributed by atoms with Crippen molar-refractivity contribution in [1.29, 1.82) is 0 Å². The molecule has 4 rings (SSSR count). The molecule has 2 aliphatic heterocycles. The number of hydrogen-bond acceptors (Lipinski definition) is 5. The lowest BCUT2D eigenvalue weighted by atomic mass is 9.80. The van der Waals surface area contributed by atoms with Gasteiger partial charge in [0.05, 0.1) is 10.5 Å². The molecule has 138 valence electrons. The molecule has 0 unspecified atom stereocenters. The molecule has 2 aromatic rings. The van der Waals surface area contributed by atoms with E-state index >= 15 is 0 Å². The lowest BCUT2D eigenvalue weighted by molar-refractivity contribution is -0.102. The van der Waals surface area contributed by atoms with Crippen molar-refractivity contribution in [3.63, 3.8) is 0 Å². The fourth-order valence-corrected chi connectivity index (χ4v) is 5.42. The molecule has 1 atom stereocenters. The largest absolute Gasteiger partial charge is 0.372 e. The van der Waals surface area contributed by atoms with Crippen LogP contribution in [0.2, 0.25) is 0 Å². The van der Waals surface area contributed by atoms with Crippen molar-refractivity contribution < 1.29 is 13.2 Å². The second-order valence-electron chi connectivity index (χ2n) is 6.92. The standard InChI is InChI=1S/C19H23N3O3S/c23-26(24,17-6-2-1-3-7-17)22-14-19(15-22)16(10-13-25-19)9-12-21-18-8-4-5-11-20-18/h1-8,11,16H,9-10,12-15H2,(H,20,21)/t16-/m1/s1. The summed E-state index contributed by atoms with van der Waals surface area (Å²) in [7, 11) is -3.42. The predicted molar refractivity (Wildman–Crippen MR) is 99.3 cm³/mol. The summed E-state index contributed by atoms with van der Waals surface area (Å²) in [5, 5.41) is 3.33. The molecular formula is C19H23N3O3S. The number of rotatable bonds is 6. The van der Waals surface area contributed by atoms with Crippen LogP contribution in [0.5, 0.6) is 0 Å². The first-order valence-electron chi connectivity index (χ1n) is 8.94. The Morgan fingerprint density at radius 2 is 1.92 bits per heavy atom. The van der Waals surface area contributed by atoms with Crippen LogP contribution in [0.25, 0.3) is 0 Å². The third kappa shape index (κ3) is 3.22. The maximum atomic E-state index is 12.7. The summed E-state index contributed by atoms with van der Waals surface area (Å²) in [6.07, 6.45) is 3.68. The number of pyridine rings is 1. The molecule has 2 fully saturated rings.